The number of nitrogens with zero attached hydrogens (tertiary/aromatic N) is 3. The Balaban J connectivity index is 1.50. The minimum absolute atomic E-state index is 0.00483. The van der Waals surface area contributed by atoms with Crippen LogP contribution in [0.4, 0.5) is 5.69 Å². The van der Waals surface area contributed by atoms with E-state index in [1.54, 1.807) is 6.34 Å². The number of carbonyl (C=O) groups excluding carboxylic acids is 1. The van der Waals surface area contributed by atoms with Gasteiger partial charge in [0.1, 0.15) is 5.54 Å². The summed E-state index contributed by atoms with van der Waals surface area (Å²) < 4.78 is 1.03. The molecular formula is C20H20BrN3O. The molecule has 128 valence electrons. The van der Waals surface area contributed by atoms with E-state index in [4.69, 9.17) is 0 Å². The third kappa shape index (κ3) is 3.14. The molecule has 5 heteroatoms. The Labute approximate surface area is 156 Å². The van der Waals surface area contributed by atoms with Gasteiger partial charge in [-0.2, -0.15) is 0 Å². The number of rotatable bonds is 3. The summed E-state index contributed by atoms with van der Waals surface area (Å²) in [7, 11) is 0. The lowest BCUT2D eigenvalue weighted by atomic mass is 9.85. The smallest absolute Gasteiger partial charge is 0.273 e. The van der Waals surface area contributed by atoms with Crippen LogP contribution in [0.2, 0.25) is 0 Å². The van der Waals surface area contributed by atoms with Crippen molar-refractivity contribution in [2.24, 2.45) is 4.99 Å². The second-order valence-electron chi connectivity index (χ2n) is 6.69. The minimum Gasteiger partial charge on any atom is -0.317 e. The molecule has 2 aromatic rings. The van der Waals surface area contributed by atoms with Crippen LogP contribution < -0.4 is 4.90 Å². The molecule has 1 amide bonds. The highest BCUT2D eigenvalue weighted by molar-refractivity contribution is 9.10. The van der Waals surface area contributed by atoms with Gasteiger partial charge in [0, 0.05) is 29.8 Å². The van der Waals surface area contributed by atoms with Crippen molar-refractivity contribution in [3.8, 4) is 0 Å². The van der Waals surface area contributed by atoms with Gasteiger partial charge in [0.05, 0.1) is 6.34 Å². The molecule has 2 aromatic carbocycles. The molecule has 25 heavy (non-hydrogen) atoms. The average Bonchev–Trinajstić information content (AvgIpc) is 2.95. The van der Waals surface area contributed by atoms with Gasteiger partial charge >= 0.3 is 0 Å². The molecule has 0 N–H and O–H groups in total. The van der Waals surface area contributed by atoms with Gasteiger partial charge in [-0.1, -0.05) is 46.3 Å². The van der Waals surface area contributed by atoms with E-state index < -0.39 is 5.54 Å². The largest absolute Gasteiger partial charge is 0.317 e. The number of benzene rings is 2. The quantitative estimate of drug-likeness (QED) is 0.788. The van der Waals surface area contributed by atoms with Gasteiger partial charge in [-0.15, -0.1) is 0 Å². The maximum atomic E-state index is 12.6. The van der Waals surface area contributed by atoms with Gasteiger partial charge in [0.25, 0.3) is 5.91 Å². The molecule has 1 spiro atoms. The van der Waals surface area contributed by atoms with E-state index >= 15 is 0 Å². The van der Waals surface area contributed by atoms with Gasteiger partial charge in [-0.05, 0) is 42.7 Å². The van der Waals surface area contributed by atoms with E-state index in [0.717, 1.165) is 42.6 Å². The molecule has 4 rings (SSSR count). The van der Waals surface area contributed by atoms with Crippen LogP contribution in [0.1, 0.15) is 18.4 Å². The fourth-order valence-electron chi connectivity index (χ4n) is 3.74. The van der Waals surface area contributed by atoms with Crippen LogP contribution in [0, 0.1) is 0 Å². The Hall–Kier alpha value is -1.98. The molecule has 0 unspecified atom stereocenters. The standard InChI is InChI=1S/C20H20BrN3O/c21-17-6-8-18(9-7-17)24-15-22-19(25)20(24)10-12-23(13-11-20)14-16-4-2-1-3-5-16/h1-9,15H,10-14H2. The monoisotopic (exact) mass is 397 g/mol. The fourth-order valence-corrected chi connectivity index (χ4v) is 4.00. The molecule has 0 aliphatic carbocycles. The number of hydrogen-bond donors (Lipinski definition) is 0. The zero-order chi connectivity index (χ0) is 17.3. The number of halogens is 1. The second-order valence-corrected chi connectivity index (χ2v) is 7.61. The van der Waals surface area contributed by atoms with E-state index in [9.17, 15) is 4.79 Å². The zero-order valence-corrected chi connectivity index (χ0v) is 15.5. The summed E-state index contributed by atoms with van der Waals surface area (Å²) in [5, 5.41) is 0. The van der Waals surface area contributed by atoms with Gasteiger partial charge in [-0.25, -0.2) is 4.99 Å². The molecule has 2 aliphatic heterocycles. The number of piperidine rings is 1. The van der Waals surface area contributed by atoms with E-state index in [-0.39, 0.29) is 5.91 Å². The van der Waals surface area contributed by atoms with Crippen LogP contribution in [-0.4, -0.2) is 35.8 Å². The molecule has 0 atom stereocenters. The molecule has 1 saturated heterocycles. The van der Waals surface area contributed by atoms with Crippen molar-refractivity contribution in [3.63, 3.8) is 0 Å². The first-order valence-electron chi connectivity index (χ1n) is 8.57. The lowest BCUT2D eigenvalue weighted by Gasteiger charge is -2.43. The molecule has 0 aromatic heterocycles. The maximum absolute atomic E-state index is 12.6. The first kappa shape index (κ1) is 16.5. The van der Waals surface area contributed by atoms with Crippen molar-refractivity contribution < 1.29 is 4.79 Å². The van der Waals surface area contributed by atoms with Crippen molar-refractivity contribution in [2.45, 2.75) is 24.9 Å². The van der Waals surface area contributed by atoms with Crippen molar-refractivity contribution in [1.29, 1.82) is 0 Å². The summed E-state index contributed by atoms with van der Waals surface area (Å²) >= 11 is 3.47. The number of carbonyl (C=O) groups is 1. The van der Waals surface area contributed by atoms with Crippen LogP contribution in [-0.2, 0) is 11.3 Å². The van der Waals surface area contributed by atoms with Crippen molar-refractivity contribution >= 4 is 33.9 Å². The van der Waals surface area contributed by atoms with Crippen molar-refractivity contribution in [2.75, 3.05) is 18.0 Å². The SMILES string of the molecule is O=C1N=CN(c2ccc(Br)cc2)C12CCN(Cc1ccccc1)CC2. The number of amides is 1. The molecule has 0 radical (unpaired) electrons. The highest BCUT2D eigenvalue weighted by Gasteiger charge is 2.49. The van der Waals surface area contributed by atoms with Crippen LogP contribution in [0.5, 0.6) is 0 Å². The lowest BCUT2D eigenvalue weighted by molar-refractivity contribution is -0.123. The summed E-state index contributed by atoms with van der Waals surface area (Å²) in [5.41, 5.74) is 1.83. The summed E-state index contributed by atoms with van der Waals surface area (Å²) in [6.07, 6.45) is 3.31. The summed E-state index contributed by atoms with van der Waals surface area (Å²) in [5.74, 6) is -0.00483. The topological polar surface area (TPSA) is 35.9 Å². The van der Waals surface area contributed by atoms with Crippen molar-refractivity contribution in [3.05, 3.63) is 64.6 Å². The summed E-state index contributed by atoms with van der Waals surface area (Å²) in [4.78, 5) is 21.2. The van der Waals surface area contributed by atoms with E-state index in [1.165, 1.54) is 5.56 Å². The molecule has 1 fully saturated rings. The second kappa shape index (κ2) is 6.73. The molecule has 4 nitrogen and oxygen atoms in total. The lowest BCUT2D eigenvalue weighted by Crippen LogP contribution is -2.56. The van der Waals surface area contributed by atoms with Crippen LogP contribution >= 0.6 is 15.9 Å². The Morgan fingerprint density at radius 2 is 1.68 bits per heavy atom. The Morgan fingerprint density at radius 1 is 1.00 bits per heavy atom. The Bertz CT molecular complexity index is 780. The third-order valence-electron chi connectivity index (χ3n) is 5.19. The molecule has 0 saturated carbocycles. The van der Waals surface area contributed by atoms with Crippen LogP contribution in [0.3, 0.4) is 0 Å². The number of likely N-dealkylation sites (tertiary alicyclic amines) is 1. The number of anilines is 1. The van der Waals surface area contributed by atoms with Gasteiger partial charge < -0.3 is 4.90 Å². The molecule has 2 heterocycles. The zero-order valence-electron chi connectivity index (χ0n) is 13.9. The third-order valence-corrected chi connectivity index (χ3v) is 5.72. The van der Waals surface area contributed by atoms with Gasteiger partial charge in [-0.3, -0.25) is 9.69 Å². The fraction of sp³-hybridized carbons (Fsp3) is 0.300. The Morgan fingerprint density at radius 3 is 2.36 bits per heavy atom. The predicted molar refractivity (Wildman–Crippen MR) is 104 cm³/mol. The Kier molecular flexibility index (Phi) is 4.44. The van der Waals surface area contributed by atoms with E-state index in [0.29, 0.717) is 0 Å². The van der Waals surface area contributed by atoms with Gasteiger partial charge in [0.15, 0.2) is 0 Å². The van der Waals surface area contributed by atoms with Gasteiger partial charge in [0.2, 0.25) is 0 Å². The molecular weight excluding hydrogens is 378 g/mol. The average molecular weight is 398 g/mol. The number of aliphatic imine (C=N–C) groups is 1. The van der Waals surface area contributed by atoms with Crippen LogP contribution in [0.25, 0.3) is 0 Å². The normalized spacial score (nSPS) is 19.7. The summed E-state index contributed by atoms with van der Waals surface area (Å²) in [6, 6.07) is 18.6. The highest BCUT2D eigenvalue weighted by atomic mass is 79.9. The maximum Gasteiger partial charge on any atom is 0.273 e. The number of hydrogen-bond acceptors (Lipinski definition) is 3. The first-order valence-corrected chi connectivity index (χ1v) is 9.36. The first-order chi connectivity index (χ1) is 12.2. The highest BCUT2D eigenvalue weighted by Crippen LogP contribution is 2.37. The minimum atomic E-state index is -0.513. The van der Waals surface area contributed by atoms with E-state index in [2.05, 4.69) is 55.0 Å². The predicted octanol–water partition coefficient (Wildman–Crippen LogP) is 3.86. The molecule has 2 aliphatic rings. The summed E-state index contributed by atoms with van der Waals surface area (Å²) in [6.45, 7) is 2.73. The van der Waals surface area contributed by atoms with Crippen molar-refractivity contribution in [1.82, 2.24) is 4.90 Å². The van der Waals surface area contributed by atoms with E-state index in [1.807, 2.05) is 30.3 Å². The molecule has 0 bridgehead atoms. The van der Waals surface area contributed by atoms with Crippen LogP contribution in [0.15, 0.2) is 64.1 Å².